The van der Waals surface area contributed by atoms with Gasteiger partial charge in [-0.15, -0.1) is 0 Å². The van der Waals surface area contributed by atoms with Gasteiger partial charge < -0.3 is 66.9 Å². The van der Waals surface area contributed by atoms with Crippen LogP contribution in [0.5, 0.6) is 0 Å². The molecule has 0 unspecified atom stereocenters. The van der Waals surface area contributed by atoms with Crippen molar-refractivity contribution in [3.63, 3.8) is 0 Å². The zero-order valence-corrected chi connectivity index (χ0v) is 46.9. The Bertz CT molecular complexity index is 2280. The topological polar surface area (TPSA) is 323 Å². The van der Waals surface area contributed by atoms with Crippen molar-refractivity contribution in [3.8, 4) is 0 Å². The van der Waals surface area contributed by atoms with Gasteiger partial charge in [0.05, 0.1) is 46.3 Å². The van der Waals surface area contributed by atoms with Crippen LogP contribution in [0.4, 0.5) is 0 Å². The maximum Gasteiger partial charge on any atom is 0.366 e. The number of amides is 3. The van der Waals surface area contributed by atoms with Crippen molar-refractivity contribution in [2.45, 2.75) is 180 Å². The Morgan fingerprint density at radius 3 is 1.62 bits per heavy atom. The van der Waals surface area contributed by atoms with E-state index < -0.39 is 172 Å². The van der Waals surface area contributed by atoms with Gasteiger partial charge in [-0.05, 0) is 11.6 Å². The number of imide groups is 1. The van der Waals surface area contributed by atoms with Gasteiger partial charge in [0.25, 0.3) is 11.6 Å². The Kier molecular flexibility index (Phi) is 24.3. The molecule has 2 saturated heterocycles. The first-order valence-corrected chi connectivity index (χ1v) is 28.1. The van der Waals surface area contributed by atoms with E-state index >= 15 is 0 Å². The van der Waals surface area contributed by atoms with Gasteiger partial charge in [-0.3, -0.25) is 48.1 Å². The smallest absolute Gasteiger partial charge is 0.366 e. The number of ether oxygens (including phenoxy) is 13. The van der Waals surface area contributed by atoms with E-state index in [-0.39, 0.29) is 13.2 Å². The molecule has 0 radical (unpaired) electrons. The number of nitrogens with one attached hydrogen (secondary N) is 1. The first kappa shape index (κ1) is 64.9. The van der Waals surface area contributed by atoms with Gasteiger partial charge in [0.1, 0.15) is 43.2 Å². The van der Waals surface area contributed by atoms with Crippen molar-refractivity contribution in [1.29, 1.82) is 0 Å². The number of carbonyl (C=O) groups is 11. The number of esters is 8. The number of methoxy groups -OCH3 is 2. The van der Waals surface area contributed by atoms with Gasteiger partial charge >= 0.3 is 47.8 Å². The first-order chi connectivity index (χ1) is 35.9. The summed E-state index contributed by atoms with van der Waals surface area (Å²) in [4.78, 5) is 148. The fourth-order valence-corrected chi connectivity index (χ4v) is 9.52. The summed E-state index contributed by atoms with van der Waals surface area (Å²) in [6, 6.07) is 5.47. The summed E-state index contributed by atoms with van der Waals surface area (Å²) in [5, 5.41) is 2.65. The van der Waals surface area contributed by atoms with Gasteiger partial charge in [-0.25, -0.2) is 9.59 Å². The minimum absolute atomic E-state index is 0.125. The lowest BCUT2D eigenvalue weighted by Gasteiger charge is -2.52. The van der Waals surface area contributed by atoms with Gasteiger partial charge in [0, 0.05) is 77.0 Å². The molecule has 430 valence electrons. The van der Waals surface area contributed by atoms with Crippen molar-refractivity contribution >= 4 is 73.5 Å². The summed E-state index contributed by atoms with van der Waals surface area (Å²) in [7, 11) is -0.0264. The minimum Gasteiger partial charge on any atom is -0.465 e. The van der Waals surface area contributed by atoms with Crippen LogP contribution in [0.2, 0.25) is 25.7 Å². The summed E-state index contributed by atoms with van der Waals surface area (Å²) in [6.07, 6.45) is -17.3. The highest BCUT2D eigenvalue weighted by atomic mass is 28.3. The Balaban J connectivity index is 2.60. The minimum atomic E-state index is -3.09. The van der Waals surface area contributed by atoms with Crippen molar-refractivity contribution < 1.29 is 114 Å². The number of benzene rings is 1. The Hall–Kier alpha value is -6.39. The fraction of sp³-hybridized carbons (Fsp3) is 0.660. The van der Waals surface area contributed by atoms with E-state index in [9.17, 15) is 52.7 Å². The third kappa shape index (κ3) is 18.9. The van der Waals surface area contributed by atoms with E-state index in [1.54, 1.807) is 30.3 Å². The second-order valence-corrected chi connectivity index (χ2v) is 25.0. The molecule has 26 nitrogen and oxygen atoms in total. The second kappa shape index (κ2) is 28.8. The largest absolute Gasteiger partial charge is 0.465 e. The molecule has 1 aromatic rings. The molecule has 0 saturated carbocycles. The van der Waals surface area contributed by atoms with Crippen LogP contribution >= 0.6 is 0 Å². The Morgan fingerprint density at radius 1 is 0.636 bits per heavy atom. The molecule has 77 heavy (non-hydrogen) atoms. The second-order valence-electron chi connectivity index (χ2n) is 19.4. The maximum atomic E-state index is 14.9. The maximum absolute atomic E-state index is 14.9. The average Bonchev–Trinajstić information content (AvgIpc) is 3.30. The summed E-state index contributed by atoms with van der Waals surface area (Å²) in [6.45, 7) is 12.9. The Morgan fingerprint density at radius 2 is 1.14 bits per heavy atom. The van der Waals surface area contributed by atoms with E-state index in [0.717, 1.165) is 76.5 Å². The molecule has 2 fully saturated rings. The standard InChI is InChI=1S/C50H72N2O24Si/c1-27(53)51-41-37(69-31(5)57)22-49(47(62)64-10,68-20-21-77(12,13)14)75-45(41)44(73-35(9)61)40(25-66-24-36-18-16-15-17-19-36)74-50(48(63)65-11)23-38(70-32(6)58)42(52(28(2)54)29(3)55)46(76-50)43(72-34(8)60)39(71-33(7)59)26-67-30(4)56/h15-19,37-46H,20-26H2,1-14H3,(H,51,53)/t37-,38-,39+,40+,41+,42+,43+,44+,45+,46+,49+,50-/m0/s1. The van der Waals surface area contributed by atoms with Gasteiger partial charge in [-0.1, -0.05) is 50.0 Å². The van der Waals surface area contributed by atoms with Gasteiger partial charge in [0.2, 0.25) is 17.7 Å². The molecule has 2 heterocycles. The molecule has 27 heteroatoms. The monoisotopic (exact) mass is 1110 g/mol. The lowest BCUT2D eigenvalue weighted by Crippen LogP contribution is -2.72. The molecule has 0 aromatic heterocycles. The van der Waals surface area contributed by atoms with E-state index in [0.29, 0.717) is 16.5 Å². The SMILES string of the molecule is COC(=O)[C@@]1(OCC[Si](C)(C)C)C[C@H](OC(C)=O)[C@@H](NC(C)=O)[C@H]([C@H](OC(C)=O)[C@@H](COCc2ccccc2)O[C@@]2(C(=O)OC)C[C@H](OC(C)=O)[C@@H](N(C(C)=O)C(C)=O)[C@H]([C@H](OC(C)=O)[C@@H](COC(C)=O)OC(C)=O)O2)O1. The molecule has 1 N–H and O–H groups in total. The third-order valence-corrected chi connectivity index (χ3v) is 13.4. The van der Waals surface area contributed by atoms with Crippen molar-refractivity contribution in [2.75, 3.05) is 34.0 Å². The number of hydrogen-bond acceptors (Lipinski definition) is 24. The third-order valence-electron chi connectivity index (χ3n) is 11.7. The molecule has 0 aliphatic carbocycles. The fourth-order valence-electron chi connectivity index (χ4n) is 8.81. The molecule has 2 aliphatic heterocycles. The molecule has 3 amide bonds. The van der Waals surface area contributed by atoms with Crippen LogP contribution in [0.15, 0.2) is 30.3 Å². The molecular formula is C50H72N2O24Si. The van der Waals surface area contributed by atoms with Crippen LogP contribution < -0.4 is 5.32 Å². The van der Waals surface area contributed by atoms with E-state index in [1.807, 2.05) is 19.6 Å². The molecule has 3 rings (SSSR count). The number of carbonyl (C=O) groups excluding carboxylic acids is 11. The van der Waals surface area contributed by atoms with Gasteiger partial charge in [0.15, 0.2) is 18.3 Å². The van der Waals surface area contributed by atoms with Crippen molar-refractivity contribution in [1.82, 2.24) is 10.2 Å². The van der Waals surface area contributed by atoms with Crippen molar-refractivity contribution in [2.24, 2.45) is 0 Å². The van der Waals surface area contributed by atoms with Crippen LogP contribution in [0.1, 0.15) is 80.7 Å². The number of hydrogen-bond donors (Lipinski definition) is 1. The molecule has 1 aromatic carbocycles. The summed E-state index contributed by atoms with van der Waals surface area (Å²) < 4.78 is 77.1. The normalized spacial score (nSPS) is 24.6. The van der Waals surface area contributed by atoms with Crippen LogP contribution in [0.3, 0.4) is 0 Å². The first-order valence-electron chi connectivity index (χ1n) is 24.4. The molecule has 2 aliphatic rings. The summed E-state index contributed by atoms with van der Waals surface area (Å²) >= 11 is 0. The van der Waals surface area contributed by atoms with Crippen LogP contribution in [0.25, 0.3) is 0 Å². The highest BCUT2D eigenvalue weighted by Crippen LogP contribution is 2.43. The predicted octanol–water partition coefficient (Wildman–Crippen LogP) is 1.75. The lowest BCUT2D eigenvalue weighted by molar-refractivity contribution is -0.351. The highest BCUT2D eigenvalue weighted by Gasteiger charge is 2.64. The molecule has 0 spiro atoms. The quantitative estimate of drug-likeness (QED) is 0.0828. The Labute approximate surface area is 446 Å². The number of rotatable bonds is 25. The number of nitrogens with zero attached hydrogens (tertiary/aromatic N) is 1. The van der Waals surface area contributed by atoms with Crippen LogP contribution in [-0.2, 0) is 121 Å². The zero-order valence-electron chi connectivity index (χ0n) is 45.9. The van der Waals surface area contributed by atoms with E-state index in [1.165, 1.54) is 0 Å². The summed E-state index contributed by atoms with van der Waals surface area (Å²) in [5.74, 6) is -17.1. The average molecular weight is 1110 g/mol. The summed E-state index contributed by atoms with van der Waals surface area (Å²) in [5.41, 5.74) is 0.576. The molecule has 12 atom stereocenters. The van der Waals surface area contributed by atoms with E-state index in [2.05, 4.69) is 5.32 Å². The molecular weight excluding hydrogens is 1040 g/mol. The van der Waals surface area contributed by atoms with Gasteiger partial charge in [-0.2, -0.15) is 0 Å². The highest BCUT2D eigenvalue weighted by molar-refractivity contribution is 6.76. The zero-order chi connectivity index (χ0) is 58.2. The van der Waals surface area contributed by atoms with Crippen LogP contribution in [0, 0.1) is 0 Å². The lowest BCUT2D eigenvalue weighted by atomic mass is 9.86. The van der Waals surface area contributed by atoms with E-state index in [4.69, 9.17) is 61.6 Å². The molecule has 0 bridgehead atoms. The predicted molar refractivity (Wildman–Crippen MR) is 263 cm³/mol. The van der Waals surface area contributed by atoms with Crippen LogP contribution in [-0.4, -0.2) is 185 Å². The van der Waals surface area contributed by atoms with Crippen molar-refractivity contribution in [3.05, 3.63) is 35.9 Å².